The van der Waals surface area contributed by atoms with Crippen LogP contribution in [0.3, 0.4) is 0 Å². The van der Waals surface area contributed by atoms with Gasteiger partial charge in [0.15, 0.2) is 0 Å². The Morgan fingerprint density at radius 2 is 1.94 bits per heavy atom. The van der Waals surface area contributed by atoms with Crippen molar-refractivity contribution in [2.45, 2.75) is 52.5 Å². The Kier molecular flexibility index (Phi) is 5.54. The first-order chi connectivity index (χ1) is 7.67. The fraction of sp³-hybridized carbons (Fsp3) is 0.600. The molecule has 0 bridgehead atoms. The van der Waals surface area contributed by atoms with Gasteiger partial charge >= 0.3 is 0 Å². The molecular weight excluding hydrogens is 194 g/mol. The quantitative estimate of drug-likeness (QED) is 0.768. The molecule has 1 aromatic rings. The van der Waals surface area contributed by atoms with Gasteiger partial charge in [0.25, 0.3) is 0 Å². The van der Waals surface area contributed by atoms with Crippen molar-refractivity contribution < 1.29 is 0 Å². The fourth-order valence-electron chi connectivity index (χ4n) is 2.22. The first kappa shape index (κ1) is 13.2. The molecule has 2 atom stereocenters. The van der Waals surface area contributed by atoms with Gasteiger partial charge in [-0.25, -0.2) is 0 Å². The van der Waals surface area contributed by atoms with Crippen LogP contribution in [-0.4, -0.2) is 12.6 Å². The van der Waals surface area contributed by atoms with Crippen LogP contribution in [0.1, 0.15) is 51.2 Å². The van der Waals surface area contributed by atoms with Gasteiger partial charge in [0.2, 0.25) is 0 Å². The van der Waals surface area contributed by atoms with E-state index < -0.39 is 0 Å². The smallest absolute Gasteiger partial charge is 0.00443 e. The molecule has 90 valence electrons. The molecule has 1 nitrogen and oxygen atoms in total. The summed E-state index contributed by atoms with van der Waals surface area (Å²) in [7, 11) is 0. The van der Waals surface area contributed by atoms with Crippen molar-refractivity contribution in [1.29, 1.82) is 0 Å². The van der Waals surface area contributed by atoms with Crippen molar-refractivity contribution in [3.05, 3.63) is 35.4 Å². The van der Waals surface area contributed by atoms with Gasteiger partial charge in [-0.1, -0.05) is 45.0 Å². The number of nitrogens with one attached hydrogen (secondary N) is 1. The zero-order chi connectivity index (χ0) is 12.0. The lowest BCUT2D eigenvalue weighted by Crippen LogP contribution is -2.26. The molecule has 0 fully saturated rings. The normalized spacial score (nSPS) is 14.8. The minimum absolute atomic E-state index is 0.602. The van der Waals surface area contributed by atoms with Gasteiger partial charge in [0, 0.05) is 6.04 Å². The molecule has 2 unspecified atom stereocenters. The second kappa shape index (κ2) is 6.70. The van der Waals surface area contributed by atoms with Crippen molar-refractivity contribution in [2.24, 2.45) is 0 Å². The van der Waals surface area contributed by atoms with Crippen LogP contribution in [-0.2, 0) is 6.42 Å². The Morgan fingerprint density at radius 3 is 2.56 bits per heavy atom. The highest BCUT2D eigenvalue weighted by atomic mass is 14.9. The average Bonchev–Trinajstić information content (AvgIpc) is 2.29. The van der Waals surface area contributed by atoms with Crippen LogP contribution < -0.4 is 5.32 Å². The molecule has 0 saturated carbocycles. The fourth-order valence-corrected chi connectivity index (χ4v) is 2.22. The predicted octanol–water partition coefficient (Wildman–Crippen LogP) is 3.74. The van der Waals surface area contributed by atoms with Crippen molar-refractivity contribution in [1.82, 2.24) is 5.32 Å². The number of benzene rings is 1. The largest absolute Gasteiger partial charge is 0.315 e. The van der Waals surface area contributed by atoms with E-state index in [0.29, 0.717) is 12.0 Å². The summed E-state index contributed by atoms with van der Waals surface area (Å²) in [6.45, 7) is 10.0. The lowest BCUT2D eigenvalue weighted by Gasteiger charge is -2.18. The highest BCUT2D eigenvalue weighted by molar-refractivity contribution is 5.26. The molecule has 1 rings (SSSR count). The summed E-state index contributed by atoms with van der Waals surface area (Å²) in [6, 6.07) is 9.60. The summed E-state index contributed by atoms with van der Waals surface area (Å²) >= 11 is 0. The van der Waals surface area contributed by atoms with Gasteiger partial charge in [0.1, 0.15) is 0 Å². The van der Waals surface area contributed by atoms with E-state index in [1.165, 1.54) is 17.5 Å². The Bertz CT molecular complexity index is 306. The zero-order valence-electron chi connectivity index (χ0n) is 11.1. The van der Waals surface area contributed by atoms with Gasteiger partial charge in [-0.15, -0.1) is 0 Å². The van der Waals surface area contributed by atoms with E-state index in [-0.39, 0.29) is 0 Å². The minimum atomic E-state index is 0.602. The number of rotatable bonds is 6. The van der Waals surface area contributed by atoms with Crippen LogP contribution in [0.2, 0.25) is 0 Å². The maximum absolute atomic E-state index is 3.47. The van der Waals surface area contributed by atoms with Gasteiger partial charge < -0.3 is 5.32 Å². The molecule has 16 heavy (non-hydrogen) atoms. The summed E-state index contributed by atoms with van der Waals surface area (Å²) in [4.78, 5) is 0. The summed E-state index contributed by atoms with van der Waals surface area (Å²) in [5, 5.41) is 3.47. The lowest BCUT2D eigenvalue weighted by atomic mass is 9.93. The van der Waals surface area contributed by atoms with Crippen molar-refractivity contribution >= 4 is 0 Å². The number of aryl methyl sites for hydroxylation is 1. The lowest BCUT2D eigenvalue weighted by molar-refractivity contribution is 0.491. The second-order valence-electron chi connectivity index (χ2n) is 4.69. The van der Waals surface area contributed by atoms with Gasteiger partial charge in [-0.05, 0) is 43.4 Å². The van der Waals surface area contributed by atoms with Crippen LogP contribution in [0.15, 0.2) is 24.3 Å². The molecule has 0 aliphatic rings. The maximum atomic E-state index is 3.47. The van der Waals surface area contributed by atoms with Gasteiger partial charge in [-0.3, -0.25) is 0 Å². The summed E-state index contributed by atoms with van der Waals surface area (Å²) < 4.78 is 0. The van der Waals surface area contributed by atoms with Crippen LogP contribution in [0.5, 0.6) is 0 Å². The monoisotopic (exact) mass is 219 g/mol. The average molecular weight is 219 g/mol. The molecule has 1 heteroatoms. The minimum Gasteiger partial charge on any atom is -0.315 e. The van der Waals surface area contributed by atoms with Gasteiger partial charge in [-0.2, -0.15) is 0 Å². The highest BCUT2D eigenvalue weighted by Crippen LogP contribution is 2.21. The molecule has 0 amide bonds. The number of hydrogen-bond acceptors (Lipinski definition) is 1. The van der Waals surface area contributed by atoms with E-state index in [4.69, 9.17) is 0 Å². The summed E-state index contributed by atoms with van der Waals surface area (Å²) in [5.74, 6) is 0.639. The molecular formula is C15H25N. The van der Waals surface area contributed by atoms with Gasteiger partial charge in [0.05, 0.1) is 0 Å². The molecule has 0 spiro atoms. The third-order valence-electron chi connectivity index (χ3n) is 3.19. The predicted molar refractivity (Wildman–Crippen MR) is 72.0 cm³/mol. The Morgan fingerprint density at radius 1 is 1.19 bits per heavy atom. The zero-order valence-corrected chi connectivity index (χ0v) is 11.1. The Balaban J connectivity index is 2.61. The van der Waals surface area contributed by atoms with E-state index in [1.807, 2.05) is 0 Å². The van der Waals surface area contributed by atoms with Crippen LogP contribution in [0.25, 0.3) is 0 Å². The molecule has 0 radical (unpaired) electrons. The van der Waals surface area contributed by atoms with Crippen LogP contribution in [0, 0.1) is 0 Å². The highest BCUT2D eigenvalue weighted by Gasteiger charge is 2.09. The third kappa shape index (κ3) is 3.97. The van der Waals surface area contributed by atoms with E-state index in [0.717, 1.165) is 13.0 Å². The van der Waals surface area contributed by atoms with Crippen molar-refractivity contribution in [3.63, 3.8) is 0 Å². The molecule has 0 aromatic heterocycles. The van der Waals surface area contributed by atoms with Crippen molar-refractivity contribution in [3.8, 4) is 0 Å². The molecule has 0 saturated heterocycles. The molecule has 1 aromatic carbocycles. The molecule has 0 heterocycles. The Hall–Kier alpha value is -0.820. The SMILES string of the molecule is CCNC(C)CC(C)c1cccc(CC)c1. The third-order valence-corrected chi connectivity index (χ3v) is 3.19. The van der Waals surface area contributed by atoms with E-state index >= 15 is 0 Å². The van der Waals surface area contributed by atoms with E-state index in [9.17, 15) is 0 Å². The van der Waals surface area contributed by atoms with Crippen LogP contribution >= 0.6 is 0 Å². The molecule has 0 aliphatic carbocycles. The number of hydrogen-bond donors (Lipinski definition) is 1. The first-order valence-corrected chi connectivity index (χ1v) is 6.49. The second-order valence-corrected chi connectivity index (χ2v) is 4.69. The summed E-state index contributed by atoms with van der Waals surface area (Å²) in [5.41, 5.74) is 2.92. The van der Waals surface area contributed by atoms with E-state index in [2.05, 4.69) is 57.3 Å². The summed E-state index contributed by atoms with van der Waals surface area (Å²) in [6.07, 6.45) is 2.34. The molecule has 1 N–H and O–H groups in total. The topological polar surface area (TPSA) is 12.0 Å². The van der Waals surface area contributed by atoms with E-state index in [1.54, 1.807) is 0 Å². The standard InChI is InChI=1S/C15H25N/c1-5-14-8-7-9-15(11-14)12(3)10-13(4)16-6-2/h7-9,11-13,16H,5-6,10H2,1-4H3. The van der Waals surface area contributed by atoms with Crippen molar-refractivity contribution in [2.75, 3.05) is 6.54 Å². The maximum Gasteiger partial charge on any atom is 0.00443 e. The van der Waals surface area contributed by atoms with Crippen LogP contribution in [0.4, 0.5) is 0 Å². The molecule has 0 aliphatic heterocycles. The first-order valence-electron chi connectivity index (χ1n) is 6.49. The Labute approximate surface area is 100 Å².